The highest BCUT2D eigenvalue weighted by Crippen LogP contribution is 2.25. The number of benzene rings is 1. The molecule has 1 atom stereocenters. The average molecular weight is 228 g/mol. The summed E-state index contributed by atoms with van der Waals surface area (Å²) in [5.41, 5.74) is 0.0933. The van der Waals surface area contributed by atoms with Crippen LogP contribution in [0.25, 0.3) is 0 Å². The Balaban J connectivity index is 3.21. The van der Waals surface area contributed by atoms with Crippen molar-refractivity contribution in [3.8, 4) is 5.75 Å². The first-order valence-electron chi connectivity index (χ1n) is 5.08. The molecule has 0 saturated heterocycles. The van der Waals surface area contributed by atoms with Crippen molar-refractivity contribution in [1.29, 1.82) is 0 Å². The van der Waals surface area contributed by atoms with Gasteiger partial charge in [0.15, 0.2) is 17.4 Å². The Labute approximate surface area is 93.2 Å². The number of carbonyl (C=O) groups excluding carboxylic acids is 1. The van der Waals surface area contributed by atoms with E-state index in [4.69, 9.17) is 4.74 Å². The third kappa shape index (κ3) is 2.38. The molecule has 0 saturated carbocycles. The minimum atomic E-state index is -1.03. The Kier molecular flexibility index (Phi) is 3.99. The molecule has 4 heteroatoms. The van der Waals surface area contributed by atoms with Crippen LogP contribution in [0, 0.1) is 17.6 Å². The van der Waals surface area contributed by atoms with E-state index in [1.54, 1.807) is 6.92 Å². The molecule has 0 fully saturated rings. The van der Waals surface area contributed by atoms with Gasteiger partial charge in [-0.05, 0) is 12.5 Å². The first-order chi connectivity index (χ1) is 7.51. The molecule has 1 unspecified atom stereocenters. The van der Waals surface area contributed by atoms with Crippen molar-refractivity contribution in [2.75, 3.05) is 7.11 Å². The van der Waals surface area contributed by atoms with Crippen LogP contribution in [0.15, 0.2) is 12.1 Å². The van der Waals surface area contributed by atoms with Crippen molar-refractivity contribution in [1.82, 2.24) is 0 Å². The highest BCUT2D eigenvalue weighted by atomic mass is 19.2. The van der Waals surface area contributed by atoms with E-state index in [0.717, 1.165) is 12.1 Å². The smallest absolute Gasteiger partial charge is 0.169 e. The van der Waals surface area contributed by atoms with E-state index >= 15 is 0 Å². The zero-order chi connectivity index (χ0) is 12.3. The molecule has 0 aliphatic rings. The minimum absolute atomic E-state index is 0.0733. The van der Waals surface area contributed by atoms with Gasteiger partial charge in [0.25, 0.3) is 0 Å². The van der Waals surface area contributed by atoms with Gasteiger partial charge in [-0.15, -0.1) is 0 Å². The predicted molar refractivity (Wildman–Crippen MR) is 56.7 cm³/mol. The SMILES string of the molecule is CCC(C)C(=O)c1cc(F)c(F)cc1OC. The van der Waals surface area contributed by atoms with Gasteiger partial charge in [-0.1, -0.05) is 13.8 Å². The maximum absolute atomic E-state index is 13.0. The molecule has 16 heavy (non-hydrogen) atoms. The number of methoxy groups -OCH3 is 1. The standard InChI is InChI=1S/C12H14F2O2/c1-4-7(2)12(15)8-5-9(13)10(14)6-11(8)16-3/h5-7H,4H2,1-3H3. The number of ether oxygens (including phenoxy) is 1. The summed E-state index contributed by atoms with van der Waals surface area (Å²) < 4.78 is 30.8. The van der Waals surface area contributed by atoms with Crippen LogP contribution in [0.5, 0.6) is 5.75 Å². The molecule has 0 amide bonds. The van der Waals surface area contributed by atoms with Crippen LogP contribution in [0.4, 0.5) is 8.78 Å². The molecule has 0 aliphatic heterocycles. The van der Waals surface area contributed by atoms with Gasteiger partial charge < -0.3 is 4.74 Å². The minimum Gasteiger partial charge on any atom is -0.496 e. The molecule has 2 nitrogen and oxygen atoms in total. The van der Waals surface area contributed by atoms with Gasteiger partial charge >= 0.3 is 0 Å². The number of carbonyl (C=O) groups is 1. The molecular weight excluding hydrogens is 214 g/mol. The summed E-state index contributed by atoms with van der Waals surface area (Å²) in [7, 11) is 1.32. The Morgan fingerprint density at radius 3 is 2.44 bits per heavy atom. The van der Waals surface area contributed by atoms with Crippen LogP contribution in [0.3, 0.4) is 0 Å². The largest absolute Gasteiger partial charge is 0.496 e. The Bertz CT molecular complexity index is 402. The van der Waals surface area contributed by atoms with Gasteiger partial charge in [0.2, 0.25) is 0 Å². The second-order valence-corrected chi connectivity index (χ2v) is 3.64. The second-order valence-electron chi connectivity index (χ2n) is 3.64. The Hall–Kier alpha value is -1.45. The first kappa shape index (κ1) is 12.6. The van der Waals surface area contributed by atoms with Crippen LogP contribution < -0.4 is 4.74 Å². The quantitative estimate of drug-likeness (QED) is 0.740. The normalized spacial score (nSPS) is 12.3. The number of halogens is 2. The van der Waals surface area contributed by atoms with Gasteiger partial charge in [0, 0.05) is 12.0 Å². The van der Waals surface area contributed by atoms with E-state index in [0.29, 0.717) is 6.42 Å². The molecule has 1 rings (SSSR count). The third-order valence-corrected chi connectivity index (χ3v) is 2.57. The number of hydrogen-bond acceptors (Lipinski definition) is 2. The third-order valence-electron chi connectivity index (χ3n) is 2.57. The van der Waals surface area contributed by atoms with Gasteiger partial charge in [0.05, 0.1) is 12.7 Å². The summed E-state index contributed by atoms with van der Waals surface area (Å²) in [6.45, 7) is 3.60. The van der Waals surface area contributed by atoms with Gasteiger partial charge in [-0.2, -0.15) is 0 Å². The second kappa shape index (κ2) is 5.05. The number of Topliss-reactive ketones (excluding diaryl/α,β-unsaturated/α-hetero) is 1. The summed E-state index contributed by atoms with van der Waals surface area (Å²) in [5.74, 6) is -2.45. The van der Waals surface area contributed by atoms with Crippen LogP contribution in [0.1, 0.15) is 30.6 Å². The van der Waals surface area contributed by atoms with Gasteiger partial charge in [-0.25, -0.2) is 8.78 Å². The molecule has 0 heterocycles. The fraction of sp³-hybridized carbons (Fsp3) is 0.417. The number of ketones is 1. The highest BCUT2D eigenvalue weighted by molar-refractivity contribution is 6.00. The summed E-state index contributed by atoms with van der Waals surface area (Å²) >= 11 is 0. The fourth-order valence-corrected chi connectivity index (χ4v) is 1.34. The van der Waals surface area contributed by atoms with E-state index in [2.05, 4.69) is 0 Å². The van der Waals surface area contributed by atoms with E-state index in [9.17, 15) is 13.6 Å². The number of hydrogen-bond donors (Lipinski definition) is 0. The molecule has 0 N–H and O–H groups in total. The fourth-order valence-electron chi connectivity index (χ4n) is 1.34. The zero-order valence-corrected chi connectivity index (χ0v) is 9.51. The number of rotatable bonds is 4. The van der Waals surface area contributed by atoms with E-state index in [1.165, 1.54) is 7.11 Å². The topological polar surface area (TPSA) is 26.3 Å². The lowest BCUT2D eigenvalue weighted by Gasteiger charge is -2.11. The van der Waals surface area contributed by atoms with Crippen molar-refractivity contribution in [2.45, 2.75) is 20.3 Å². The van der Waals surface area contributed by atoms with Crippen molar-refractivity contribution < 1.29 is 18.3 Å². The first-order valence-corrected chi connectivity index (χ1v) is 5.08. The molecule has 1 aromatic rings. The maximum Gasteiger partial charge on any atom is 0.169 e. The van der Waals surface area contributed by atoms with Crippen molar-refractivity contribution in [2.24, 2.45) is 5.92 Å². The predicted octanol–water partition coefficient (Wildman–Crippen LogP) is 3.20. The molecule has 1 aromatic carbocycles. The van der Waals surface area contributed by atoms with E-state index in [1.807, 2.05) is 6.92 Å². The molecule has 0 aromatic heterocycles. The molecular formula is C12H14F2O2. The molecule has 0 aliphatic carbocycles. The lowest BCUT2D eigenvalue weighted by atomic mass is 9.96. The average Bonchev–Trinajstić information content (AvgIpc) is 2.30. The van der Waals surface area contributed by atoms with Crippen molar-refractivity contribution in [3.05, 3.63) is 29.3 Å². The monoisotopic (exact) mass is 228 g/mol. The van der Waals surface area contributed by atoms with Crippen LogP contribution in [0.2, 0.25) is 0 Å². The highest BCUT2D eigenvalue weighted by Gasteiger charge is 2.20. The van der Waals surface area contributed by atoms with Crippen LogP contribution in [-0.4, -0.2) is 12.9 Å². The van der Waals surface area contributed by atoms with Gasteiger partial charge in [0.1, 0.15) is 5.75 Å². The summed E-state index contributed by atoms with van der Waals surface area (Å²) in [4.78, 5) is 11.8. The van der Waals surface area contributed by atoms with E-state index in [-0.39, 0.29) is 23.0 Å². The maximum atomic E-state index is 13.0. The zero-order valence-electron chi connectivity index (χ0n) is 9.51. The van der Waals surface area contributed by atoms with Crippen LogP contribution in [-0.2, 0) is 0 Å². The summed E-state index contributed by atoms with van der Waals surface area (Å²) in [6, 6.07) is 1.79. The van der Waals surface area contributed by atoms with Crippen molar-refractivity contribution in [3.63, 3.8) is 0 Å². The van der Waals surface area contributed by atoms with E-state index < -0.39 is 11.6 Å². The summed E-state index contributed by atoms with van der Waals surface area (Å²) in [6.07, 6.45) is 0.640. The van der Waals surface area contributed by atoms with Crippen molar-refractivity contribution >= 4 is 5.78 Å². The van der Waals surface area contributed by atoms with Gasteiger partial charge in [-0.3, -0.25) is 4.79 Å². The Morgan fingerprint density at radius 1 is 1.38 bits per heavy atom. The van der Waals surface area contributed by atoms with Crippen LogP contribution >= 0.6 is 0 Å². The molecule has 0 bridgehead atoms. The molecule has 0 radical (unpaired) electrons. The summed E-state index contributed by atoms with van der Waals surface area (Å²) in [5, 5.41) is 0. The lowest BCUT2D eigenvalue weighted by molar-refractivity contribution is 0.0923. The Morgan fingerprint density at radius 2 is 1.94 bits per heavy atom. The molecule has 0 spiro atoms. The lowest BCUT2D eigenvalue weighted by Crippen LogP contribution is -2.12. The molecule has 88 valence electrons.